The van der Waals surface area contributed by atoms with Crippen LogP contribution >= 0.6 is 22.9 Å². The first kappa shape index (κ1) is 21.2. The smallest absolute Gasteiger partial charge is 0.257 e. The van der Waals surface area contributed by atoms with E-state index in [0.29, 0.717) is 18.2 Å². The van der Waals surface area contributed by atoms with Crippen LogP contribution in [0.4, 0.5) is 5.13 Å². The van der Waals surface area contributed by atoms with E-state index in [1.165, 1.54) is 33.8 Å². The number of halogens is 1. The number of nitrogens with zero attached hydrogens (tertiary/aromatic N) is 3. The highest BCUT2D eigenvalue weighted by Crippen LogP contribution is 2.28. The van der Waals surface area contributed by atoms with Gasteiger partial charge in [0.15, 0.2) is 0 Å². The summed E-state index contributed by atoms with van der Waals surface area (Å²) in [6, 6.07) is 4.28. The average Bonchev–Trinajstić information content (AvgIpc) is 3.14. The molecule has 0 spiro atoms. The molecule has 0 saturated carbocycles. The summed E-state index contributed by atoms with van der Waals surface area (Å²) in [5.74, 6) is -0.440. The molecule has 1 aromatic carbocycles. The van der Waals surface area contributed by atoms with Crippen molar-refractivity contribution in [1.29, 1.82) is 0 Å². The molecule has 1 amide bonds. The molecular formula is C18H23ClN4O3S2. The number of benzene rings is 1. The van der Waals surface area contributed by atoms with Gasteiger partial charge < -0.3 is 0 Å². The van der Waals surface area contributed by atoms with Crippen LogP contribution in [0.5, 0.6) is 0 Å². The number of aryl methyl sites for hydroxylation is 1. The molecule has 3 rings (SSSR count). The number of aromatic nitrogens is 2. The minimum Gasteiger partial charge on any atom is -0.296 e. The average molecular weight is 443 g/mol. The van der Waals surface area contributed by atoms with E-state index < -0.39 is 15.9 Å². The molecule has 0 bridgehead atoms. The second kappa shape index (κ2) is 9.30. The van der Waals surface area contributed by atoms with E-state index in [-0.39, 0.29) is 15.5 Å². The maximum atomic E-state index is 12.9. The van der Waals surface area contributed by atoms with Crippen molar-refractivity contribution in [2.24, 2.45) is 0 Å². The Morgan fingerprint density at radius 1 is 1.25 bits per heavy atom. The highest BCUT2D eigenvalue weighted by atomic mass is 35.5. The second-order valence-corrected chi connectivity index (χ2v) is 10.0. The van der Waals surface area contributed by atoms with Crippen molar-refractivity contribution in [2.45, 2.75) is 50.3 Å². The Morgan fingerprint density at radius 3 is 2.71 bits per heavy atom. The normalized spacial score (nSPS) is 15.5. The number of rotatable bonds is 7. The summed E-state index contributed by atoms with van der Waals surface area (Å²) in [6.07, 6.45) is 5.56. The van der Waals surface area contributed by atoms with Gasteiger partial charge in [-0.05, 0) is 37.5 Å². The largest absolute Gasteiger partial charge is 0.296 e. The molecule has 1 N–H and O–H groups in total. The quantitative estimate of drug-likeness (QED) is 0.700. The van der Waals surface area contributed by atoms with Crippen LogP contribution in [-0.4, -0.2) is 41.9 Å². The topological polar surface area (TPSA) is 92.3 Å². The zero-order valence-corrected chi connectivity index (χ0v) is 18.0. The van der Waals surface area contributed by atoms with Crippen LogP contribution in [0.1, 0.15) is 54.4 Å². The van der Waals surface area contributed by atoms with Crippen molar-refractivity contribution >= 4 is 44.0 Å². The summed E-state index contributed by atoms with van der Waals surface area (Å²) in [4.78, 5) is 12.5. The van der Waals surface area contributed by atoms with Crippen LogP contribution < -0.4 is 5.32 Å². The minimum absolute atomic E-state index is 0.0374. The highest BCUT2D eigenvalue weighted by Gasteiger charge is 2.28. The van der Waals surface area contributed by atoms with E-state index in [0.717, 1.165) is 43.5 Å². The number of unbranched alkanes of at least 4 members (excludes halogenated alkanes) is 1. The lowest BCUT2D eigenvalue weighted by molar-refractivity contribution is 0.102. The molecule has 10 heteroatoms. The molecule has 0 atom stereocenters. The molecule has 0 radical (unpaired) electrons. The predicted octanol–water partition coefficient (Wildman–Crippen LogP) is 3.96. The number of hydrogen-bond donors (Lipinski definition) is 1. The number of hydrogen-bond acceptors (Lipinski definition) is 6. The van der Waals surface area contributed by atoms with Gasteiger partial charge in [-0.25, -0.2) is 8.42 Å². The molecule has 1 aliphatic heterocycles. The third-order valence-electron chi connectivity index (χ3n) is 4.56. The van der Waals surface area contributed by atoms with E-state index in [2.05, 4.69) is 22.4 Å². The summed E-state index contributed by atoms with van der Waals surface area (Å²) in [7, 11) is -3.73. The van der Waals surface area contributed by atoms with E-state index in [4.69, 9.17) is 11.6 Å². The molecule has 0 aliphatic carbocycles. The van der Waals surface area contributed by atoms with Crippen LogP contribution in [0, 0.1) is 0 Å². The maximum Gasteiger partial charge on any atom is 0.257 e. The molecule has 2 aromatic rings. The molecule has 152 valence electrons. The lowest BCUT2D eigenvalue weighted by Crippen LogP contribution is -2.35. The van der Waals surface area contributed by atoms with Gasteiger partial charge in [-0.2, -0.15) is 4.31 Å². The van der Waals surface area contributed by atoms with Crippen molar-refractivity contribution in [3.05, 3.63) is 33.8 Å². The van der Waals surface area contributed by atoms with Crippen LogP contribution in [0.25, 0.3) is 0 Å². The molecular weight excluding hydrogens is 420 g/mol. The molecule has 7 nitrogen and oxygen atoms in total. The number of anilines is 1. The Balaban J connectivity index is 1.78. The zero-order chi connectivity index (χ0) is 20.1. The van der Waals surface area contributed by atoms with Gasteiger partial charge in [0.2, 0.25) is 15.2 Å². The van der Waals surface area contributed by atoms with Crippen LogP contribution in [0.2, 0.25) is 5.02 Å². The SMILES string of the molecule is CCCCc1nnc(NC(=O)c2ccc(Cl)c(S(=O)(=O)N3CCCCC3)c2)s1. The summed E-state index contributed by atoms with van der Waals surface area (Å²) in [5, 5.41) is 12.1. The van der Waals surface area contributed by atoms with Gasteiger partial charge in [0.1, 0.15) is 9.90 Å². The standard InChI is InChI=1S/C18H23ClN4O3S2/c1-2-3-7-16-21-22-18(27-16)20-17(24)13-8-9-14(19)15(12-13)28(25,26)23-10-5-4-6-11-23/h8-9,12H,2-7,10-11H2,1H3,(H,20,22,24). The Morgan fingerprint density at radius 2 is 2.00 bits per heavy atom. The molecule has 1 saturated heterocycles. The van der Waals surface area contributed by atoms with Gasteiger partial charge in [-0.1, -0.05) is 42.7 Å². The fourth-order valence-corrected chi connectivity index (χ4v) is 5.78. The second-order valence-electron chi connectivity index (χ2n) is 6.67. The number of amides is 1. The Labute approximate surface area is 174 Å². The lowest BCUT2D eigenvalue weighted by Gasteiger charge is -2.26. The van der Waals surface area contributed by atoms with E-state index in [1.54, 1.807) is 0 Å². The summed E-state index contributed by atoms with van der Waals surface area (Å²) < 4.78 is 27.3. The van der Waals surface area contributed by atoms with Crippen molar-refractivity contribution in [2.75, 3.05) is 18.4 Å². The molecule has 1 aliphatic rings. The third-order valence-corrected chi connectivity index (χ3v) is 7.84. The molecule has 0 unspecified atom stereocenters. The van der Waals surface area contributed by atoms with Gasteiger partial charge in [0.05, 0.1) is 5.02 Å². The number of carbonyl (C=O) groups is 1. The number of nitrogens with one attached hydrogen (secondary N) is 1. The van der Waals surface area contributed by atoms with Crippen molar-refractivity contribution in [3.63, 3.8) is 0 Å². The van der Waals surface area contributed by atoms with Gasteiger partial charge in [0, 0.05) is 25.1 Å². The summed E-state index contributed by atoms with van der Waals surface area (Å²) in [6.45, 7) is 3.04. The number of carbonyl (C=O) groups excluding carboxylic acids is 1. The van der Waals surface area contributed by atoms with Crippen LogP contribution in [-0.2, 0) is 16.4 Å². The van der Waals surface area contributed by atoms with Gasteiger partial charge in [-0.15, -0.1) is 10.2 Å². The number of sulfonamides is 1. The first-order valence-electron chi connectivity index (χ1n) is 9.35. The molecule has 1 aromatic heterocycles. The number of piperidine rings is 1. The van der Waals surface area contributed by atoms with E-state index >= 15 is 0 Å². The zero-order valence-electron chi connectivity index (χ0n) is 15.6. The predicted molar refractivity (Wildman–Crippen MR) is 111 cm³/mol. The van der Waals surface area contributed by atoms with Gasteiger partial charge in [0.25, 0.3) is 5.91 Å². The van der Waals surface area contributed by atoms with Gasteiger partial charge >= 0.3 is 0 Å². The highest BCUT2D eigenvalue weighted by molar-refractivity contribution is 7.89. The van der Waals surface area contributed by atoms with Crippen molar-refractivity contribution in [3.8, 4) is 0 Å². The molecule has 28 heavy (non-hydrogen) atoms. The Hall–Kier alpha value is -1.55. The van der Waals surface area contributed by atoms with Crippen molar-refractivity contribution < 1.29 is 13.2 Å². The first-order chi connectivity index (χ1) is 13.4. The monoisotopic (exact) mass is 442 g/mol. The maximum absolute atomic E-state index is 12.9. The molecule has 2 heterocycles. The third kappa shape index (κ3) is 4.89. The van der Waals surface area contributed by atoms with Crippen LogP contribution in [0.3, 0.4) is 0 Å². The first-order valence-corrected chi connectivity index (χ1v) is 12.0. The van der Waals surface area contributed by atoms with Gasteiger partial charge in [-0.3, -0.25) is 10.1 Å². The Bertz CT molecular complexity index is 940. The lowest BCUT2D eigenvalue weighted by atomic mass is 10.2. The van der Waals surface area contributed by atoms with Crippen LogP contribution in [0.15, 0.2) is 23.1 Å². The van der Waals surface area contributed by atoms with E-state index in [1.807, 2.05) is 0 Å². The summed E-state index contributed by atoms with van der Waals surface area (Å²) in [5.41, 5.74) is 0.213. The Kier molecular flexibility index (Phi) is 7.03. The van der Waals surface area contributed by atoms with Crippen molar-refractivity contribution in [1.82, 2.24) is 14.5 Å². The fraction of sp³-hybridized carbons (Fsp3) is 0.500. The minimum atomic E-state index is -3.73. The van der Waals surface area contributed by atoms with E-state index in [9.17, 15) is 13.2 Å². The summed E-state index contributed by atoms with van der Waals surface area (Å²) >= 11 is 7.48. The molecule has 1 fully saturated rings. The fourth-order valence-electron chi connectivity index (χ4n) is 2.99.